The SMILES string of the molecule is N#Cc1ccnc(N2CCCCC2CCO)c1N. The molecule has 2 rings (SSSR count). The maximum Gasteiger partial charge on any atom is 0.153 e. The number of aliphatic hydroxyl groups excluding tert-OH is 1. The molecule has 0 bridgehead atoms. The van der Waals surface area contributed by atoms with Crippen molar-refractivity contribution >= 4 is 11.5 Å². The second-order valence-corrected chi connectivity index (χ2v) is 4.56. The molecule has 0 aromatic carbocycles. The fourth-order valence-corrected chi connectivity index (χ4v) is 2.52. The first-order chi connectivity index (χ1) is 8.77. The highest BCUT2D eigenvalue weighted by molar-refractivity contribution is 5.70. The number of piperidine rings is 1. The number of hydrogen-bond donors (Lipinski definition) is 2. The van der Waals surface area contributed by atoms with Gasteiger partial charge in [-0.2, -0.15) is 5.26 Å². The van der Waals surface area contributed by atoms with Crippen molar-refractivity contribution in [3.8, 4) is 6.07 Å². The van der Waals surface area contributed by atoms with E-state index in [9.17, 15) is 0 Å². The van der Waals surface area contributed by atoms with Crippen molar-refractivity contribution in [1.29, 1.82) is 5.26 Å². The zero-order valence-corrected chi connectivity index (χ0v) is 10.3. The van der Waals surface area contributed by atoms with E-state index in [2.05, 4.69) is 16.0 Å². The molecule has 1 fully saturated rings. The van der Waals surface area contributed by atoms with Crippen molar-refractivity contribution in [1.82, 2.24) is 4.98 Å². The van der Waals surface area contributed by atoms with Crippen LogP contribution in [0.25, 0.3) is 0 Å². The molecule has 96 valence electrons. The molecule has 1 aliphatic rings. The van der Waals surface area contributed by atoms with E-state index in [1.165, 1.54) is 6.42 Å². The molecule has 5 heteroatoms. The van der Waals surface area contributed by atoms with Crippen molar-refractivity contribution in [3.05, 3.63) is 17.8 Å². The highest BCUT2D eigenvalue weighted by Gasteiger charge is 2.25. The number of aliphatic hydroxyl groups is 1. The third kappa shape index (κ3) is 2.39. The molecular weight excluding hydrogens is 228 g/mol. The van der Waals surface area contributed by atoms with Crippen LogP contribution < -0.4 is 10.6 Å². The molecule has 2 heterocycles. The molecule has 1 aliphatic heterocycles. The van der Waals surface area contributed by atoms with Crippen molar-refractivity contribution in [2.24, 2.45) is 0 Å². The van der Waals surface area contributed by atoms with Gasteiger partial charge in [-0.15, -0.1) is 0 Å². The maximum atomic E-state index is 9.12. The standard InChI is InChI=1S/C13H18N4O/c14-9-10-4-6-16-13(12(10)15)17-7-2-1-3-11(17)5-8-18/h4,6,11,18H,1-3,5,7-8,15H2. The van der Waals surface area contributed by atoms with Gasteiger partial charge in [-0.05, 0) is 31.7 Å². The van der Waals surface area contributed by atoms with Crippen LogP contribution in [0, 0.1) is 11.3 Å². The molecule has 18 heavy (non-hydrogen) atoms. The molecule has 1 saturated heterocycles. The lowest BCUT2D eigenvalue weighted by molar-refractivity contribution is 0.262. The fourth-order valence-electron chi connectivity index (χ4n) is 2.52. The fraction of sp³-hybridized carbons (Fsp3) is 0.538. The summed E-state index contributed by atoms with van der Waals surface area (Å²) in [5, 5.41) is 18.1. The van der Waals surface area contributed by atoms with Crippen LogP contribution in [0.15, 0.2) is 12.3 Å². The lowest BCUT2D eigenvalue weighted by atomic mass is 9.99. The molecule has 0 spiro atoms. The van der Waals surface area contributed by atoms with Gasteiger partial charge >= 0.3 is 0 Å². The summed E-state index contributed by atoms with van der Waals surface area (Å²) >= 11 is 0. The summed E-state index contributed by atoms with van der Waals surface area (Å²) < 4.78 is 0. The van der Waals surface area contributed by atoms with Crippen molar-refractivity contribution in [2.45, 2.75) is 31.7 Å². The van der Waals surface area contributed by atoms with Gasteiger partial charge in [-0.3, -0.25) is 0 Å². The average molecular weight is 246 g/mol. The molecule has 0 saturated carbocycles. The number of nitrogen functional groups attached to an aromatic ring is 1. The Morgan fingerprint density at radius 2 is 2.39 bits per heavy atom. The van der Waals surface area contributed by atoms with Crippen LogP contribution in [0.2, 0.25) is 0 Å². The Hall–Kier alpha value is -1.80. The lowest BCUT2D eigenvalue weighted by Crippen LogP contribution is -2.41. The van der Waals surface area contributed by atoms with Gasteiger partial charge in [0.2, 0.25) is 0 Å². The minimum absolute atomic E-state index is 0.166. The van der Waals surface area contributed by atoms with Crippen molar-refractivity contribution in [3.63, 3.8) is 0 Å². The Kier molecular flexibility index (Phi) is 4.00. The van der Waals surface area contributed by atoms with Gasteiger partial charge < -0.3 is 15.7 Å². The minimum Gasteiger partial charge on any atom is -0.396 e. The first kappa shape index (κ1) is 12.7. The van der Waals surface area contributed by atoms with E-state index < -0.39 is 0 Å². The third-order valence-corrected chi connectivity index (χ3v) is 3.45. The molecule has 1 atom stereocenters. The number of rotatable bonds is 3. The summed E-state index contributed by atoms with van der Waals surface area (Å²) in [5.41, 5.74) is 6.91. The zero-order valence-electron chi connectivity index (χ0n) is 10.3. The molecule has 5 nitrogen and oxygen atoms in total. The van der Waals surface area contributed by atoms with E-state index in [1.807, 2.05) is 0 Å². The number of nitrogens with zero attached hydrogens (tertiary/aromatic N) is 3. The van der Waals surface area contributed by atoms with Crippen LogP contribution in [0.5, 0.6) is 0 Å². The van der Waals surface area contributed by atoms with E-state index in [1.54, 1.807) is 12.3 Å². The molecule has 0 aliphatic carbocycles. The molecule has 3 N–H and O–H groups in total. The van der Waals surface area contributed by atoms with Crippen LogP contribution in [-0.2, 0) is 0 Å². The van der Waals surface area contributed by atoms with Crippen LogP contribution in [0.3, 0.4) is 0 Å². The number of anilines is 2. The van der Waals surface area contributed by atoms with Gasteiger partial charge in [0.05, 0.1) is 11.3 Å². The summed E-state index contributed by atoms with van der Waals surface area (Å²) in [5.74, 6) is 0.687. The summed E-state index contributed by atoms with van der Waals surface area (Å²) in [4.78, 5) is 6.45. The summed E-state index contributed by atoms with van der Waals surface area (Å²) in [6, 6.07) is 3.98. The Bertz CT molecular complexity index is 453. The summed E-state index contributed by atoms with van der Waals surface area (Å²) in [7, 11) is 0. The number of hydrogen-bond acceptors (Lipinski definition) is 5. The van der Waals surface area contributed by atoms with Crippen LogP contribution in [0.4, 0.5) is 11.5 Å². The molecular formula is C13H18N4O. The Morgan fingerprint density at radius 1 is 1.56 bits per heavy atom. The second kappa shape index (κ2) is 5.69. The van der Waals surface area contributed by atoms with Gasteiger partial charge in [0.15, 0.2) is 5.82 Å². The topological polar surface area (TPSA) is 86.2 Å². The molecule has 1 aromatic rings. The van der Waals surface area contributed by atoms with E-state index in [0.717, 1.165) is 25.8 Å². The predicted molar refractivity (Wildman–Crippen MR) is 70.1 cm³/mol. The van der Waals surface area contributed by atoms with Crippen molar-refractivity contribution < 1.29 is 5.11 Å². The summed E-state index contributed by atoms with van der Waals surface area (Å²) in [6.07, 6.45) is 5.64. The van der Waals surface area contributed by atoms with E-state index >= 15 is 0 Å². The Labute approximate surface area is 107 Å². The Morgan fingerprint density at radius 3 is 3.11 bits per heavy atom. The van der Waals surface area contributed by atoms with E-state index in [0.29, 0.717) is 17.1 Å². The molecule has 1 aromatic heterocycles. The van der Waals surface area contributed by atoms with Crippen molar-refractivity contribution in [2.75, 3.05) is 23.8 Å². The summed E-state index contributed by atoms with van der Waals surface area (Å²) in [6.45, 7) is 1.05. The smallest absolute Gasteiger partial charge is 0.153 e. The molecule has 0 radical (unpaired) electrons. The zero-order chi connectivity index (χ0) is 13.0. The number of nitriles is 1. The largest absolute Gasteiger partial charge is 0.396 e. The normalized spacial score (nSPS) is 19.6. The van der Waals surface area contributed by atoms with Gasteiger partial charge in [0.1, 0.15) is 6.07 Å². The van der Waals surface area contributed by atoms with E-state index in [-0.39, 0.29) is 12.6 Å². The first-order valence-corrected chi connectivity index (χ1v) is 6.30. The number of pyridine rings is 1. The first-order valence-electron chi connectivity index (χ1n) is 6.30. The van der Waals surface area contributed by atoms with Crippen LogP contribution >= 0.6 is 0 Å². The quantitative estimate of drug-likeness (QED) is 0.839. The monoisotopic (exact) mass is 246 g/mol. The van der Waals surface area contributed by atoms with Gasteiger partial charge in [0.25, 0.3) is 0 Å². The number of nitrogens with two attached hydrogens (primary N) is 1. The maximum absolute atomic E-state index is 9.12. The van der Waals surface area contributed by atoms with Gasteiger partial charge in [-0.25, -0.2) is 4.98 Å². The molecule has 0 amide bonds. The predicted octanol–water partition coefficient (Wildman–Crippen LogP) is 1.28. The second-order valence-electron chi connectivity index (χ2n) is 4.56. The number of aromatic nitrogens is 1. The van der Waals surface area contributed by atoms with Crippen LogP contribution in [-0.4, -0.2) is 29.3 Å². The average Bonchev–Trinajstić information content (AvgIpc) is 2.40. The van der Waals surface area contributed by atoms with E-state index in [4.69, 9.17) is 16.1 Å². The van der Waals surface area contributed by atoms with Gasteiger partial charge in [0, 0.05) is 25.4 Å². The highest BCUT2D eigenvalue weighted by Crippen LogP contribution is 2.30. The Balaban J connectivity index is 2.31. The van der Waals surface area contributed by atoms with Crippen LogP contribution in [0.1, 0.15) is 31.2 Å². The van der Waals surface area contributed by atoms with Gasteiger partial charge in [-0.1, -0.05) is 0 Å². The third-order valence-electron chi connectivity index (χ3n) is 3.45. The molecule has 1 unspecified atom stereocenters. The lowest BCUT2D eigenvalue weighted by Gasteiger charge is -2.37. The minimum atomic E-state index is 0.166. The highest BCUT2D eigenvalue weighted by atomic mass is 16.3.